The first-order valence-corrected chi connectivity index (χ1v) is 6.77. The Balaban J connectivity index is 1.98. The summed E-state index contributed by atoms with van der Waals surface area (Å²) in [6.07, 6.45) is 2.25. The molecule has 2 atom stereocenters. The van der Waals surface area contributed by atoms with Crippen molar-refractivity contribution in [2.75, 3.05) is 0 Å². The highest BCUT2D eigenvalue weighted by Crippen LogP contribution is 2.40. The van der Waals surface area contributed by atoms with Crippen LogP contribution in [0.15, 0.2) is 48.5 Å². The van der Waals surface area contributed by atoms with Gasteiger partial charge in [0.05, 0.1) is 6.10 Å². The van der Waals surface area contributed by atoms with Gasteiger partial charge in [-0.15, -0.1) is 0 Å². The van der Waals surface area contributed by atoms with Gasteiger partial charge in [0, 0.05) is 11.5 Å². The standard InChI is InChI=1S/C17H17FO/c18-16-11-4-3-9-15(16)17(19)14-10-5-7-12-6-1-2-8-13(12)14/h1-4,6,8-9,11,14,17,19H,5,7,10H2. The predicted molar refractivity (Wildman–Crippen MR) is 73.5 cm³/mol. The molecule has 98 valence electrons. The Morgan fingerprint density at radius 2 is 1.79 bits per heavy atom. The van der Waals surface area contributed by atoms with Crippen molar-refractivity contribution < 1.29 is 9.50 Å². The number of rotatable bonds is 2. The molecule has 1 nitrogen and oxygen atoms in total. The molecule has 1 aliphatic carbocycles. The summed E-state index contributed by atoms with van der Waals surface area (Å²) in [6, 6.07) is 14.7. The van der Waals surface area contributed by atoms with Gasteiger partial charge in [0.1, 0.15) is 5.82 Å². The van der Waals surface area contributed by atoms with Crippen molar-refractivity contribution in [2.24, 2.45) is 0 Å². The molecule has 2 aromatic carbocycles. The van der Waals surface area contributed by atoms with Gasteiger partial charge in [-0.05, 0) is 36.5 Å². The van der Waals surface area contributed by atoms with E-state index in [1.54, 1.807) is 18.2 Å². The Hall–Kier alpha value is -1.67. The molecule has 0 aromatic heterocycles. The molecule has 0 spiro atoms. The van der Waals surface area contributed by atoms with Crippen molar-refractivity contribution in [3.63, 3.8) is 0 Å². The fraction of sp³-hybridized carbons (Fsp3) is 0.294. The second kappa shape index (κ2) is 5.14. The molecule has 0 heterocycles. The number of aliphatic hydroxyl groups excluding tert-OH is 1. The van der Waals surface area contributed by atoms with E-state index in [1.807, 2.05) is 12.1 Å². The first-order valence-electron chi connectivity index (χ1n) is 6.77. The van der Waals surface area contributed by atoms with Crippen LogP contribution >= 0.6 is 0 Å². The average molecular weight is 256 g/mol. The Morgan fingerprint density at radius 1 is 1.05 bits per heavy atom. The van der Waals surface area contributed by atoms with Crippen molar-refractivity contribution in [3.05, 3.63) is 71.0 Å². The van der Waals surface area contributed by atoms with Crippen LogP contribution < -0.4 is 0 Å². The van der Waals surface area contributed by atoms with E-state index in [-0.39, 0.29) is 11.7 Å². The Bertz CT molecular complexity index is 579. The molecule has 0 radical (unpaired) electrons. The summed E-state index contributed by atoms with van der Waals surface area (Å²) < 4.78 is 13.8. The first kappa shape index (κ1) is 12.4. The van der Waals surface area contributed by atoms with E-state index in [4.69, 9.17) is 0 Å². The second-order valence-corrected chi connectivity index (χ2v) is 5.16. The first-order chi connectivity index (χ1) is 9.27. The summed E-state index contributed by atoms with van der Waals surface area (Å²) in [4.78, 5) is 0. The summed E-state index contributed by atoms with van der Waals surface area (Å²) in [7, 11) is 0. The van der Waals surface area contributed by atoms with Crippen molar-refractivity contribution in [3.8, 4) is 0 Å². The van der Waals surface area contributed by atoms with E-state index in [9.17, 15) is 9.50 Å². The molecule has 0 bridgehead atoms. The highest BCUT2D eigenvalue weighted by atomic mass is 19.1. The number of benzene rings is 2. The van der Waals surface area contributed by atoms with E-state index >= 15 is 0 Å². The van der Waals surface area contributed by atoms with E-state index in [0.29, 0.717) is 5.56 Å². The zero-order valence-corrected chi connectivity index (χ0v) is 10.7. The van der Waals surface area contributed by atoms with Crippen LogP contribution in [0.1, 0.15) is 41.6 Å². The Morgan fingerprint density at radius 3 is 2.63 bits per heavy atom. The number of halogens is 1. The number of aliphatic hydroxyl groups is 1. The van der Waals surface area contributed by atoms with Crippen molar-refractivity contribution in [1.29, 1.82) is 0 Å². The van der Waals surface area contributed by atoms with Gasteiger partial charge in [-0.1, -0.05) is 42.5 Å². The predicted octanol–water partition coefficient (Wildman–Crippen LogP) is 3.98. The second-order valence-electron chi connectivity index (χ2n) is 5.16. The maximum absolute atomic E-state index is 13.8. The van der Waals surface area contributed by atoms with Gasteiger partial charge >= 0.3 is 0 Å². The van der Waals surface area contributed by atoms with E-state index in [0.717, 1.165) is 19.3 Å². The molecule has 0 amide bonds. The smallest absolute Gasteiger partial charge is 0.129 e. The third kappa shape index (κ3) is 2.28. The molecule has 1 aliphatic rings. The molecule has 19 heavy (non-hydrogen) atoms. The summed E-state index contributed by atoms with van der Waals surface area (Å²) in [5.41, 5.74) is 2.86. The van der Waals surface area contributed by atoms with Gasteiger partial charge in [0.2, 0.25) is 0 Å². The monoisotopic (exact) mass is 256 g/mol. The fourth-order valence-corrected chi connectivity index (χ4v) is 3.05. The molecule has 2 heteroatoms. The van der Waals surface area contributed by atoms with E-state index < -0.39 is 6.10 Å². The molecule has 2 aromatic rings. The molecule has 1 N–H and O–H groups in total. The number of fused-ring (bicyclic) bond motifs is 1. The van der Waals surface area contributed by atoms with Gasteiger partial charge in [-0.25, -0.2) is 4.39 Å². The zero-order chi connectivity index (χ0) is 13.2. The molecule has 3 rings (SSSR count). The maximum Gasteiger partial charge on any atom is 0.129 e. The van der Waals surface area contributed by atoms with Crippen LogP contribution in [0, 0.1) is 5.82 Å². The Kier molecular flexibility index (Phi) is 3.34. The van der Waals surface area contributed by atoms with Gasteiger partial charge in [-0.3, -0.25) is 0 Å². The van der Waals surface area contributed by atoms with Crippen LogP contribution in [0.4, 0.5) is 4.39 Å². The lowest BCUT2D eigenvalue weighted by Crippen LogP contribution is -2.17. The van der Waals surface area contributed by atoms with Crippen LogP contribution in [0.3, 0.4) is 0 Å². The van der Waals surface area contributed by atoms with Crippen molar-refractivity contribution in [2.45, 2.75) is 31.3 Å². The van der Waals surface area contributed by atoms with Crippen molar-refractivity contribution in [1.82, 2.24) is 0 Å². The lowest BCUT2D eigenvalue weighted by Gasteiger charge is -2.29. The maximum atomic E-state index is 13.8. The summed E-state index contributed by atoms with van der Waals surface area (Å²) >= 11 is 0. The quantitative estimate of drug-likeness (QED) is 0.861. The molecule has 0 saturated heterocycles. The molecule has 0 aliphatic heterocycles. The summed E-state index contributed by atoms with van der Waals surface area (Å²) in [5.74, 6) is -0.320. The van der Waals surface area contributed by atoms with Gasteiger partial charge in [0.25, 0.3) is 0 Å². The number of aryl methyl sites for hydroxylation is 1. The minimum absolute atomic E-state index is 0.00171. The Labute approximate surface area is 112 Å². The van der Waals surface area contributed by atoms with Crippen LogP contribution in [0.5, 0.6) is 0 Å². The SMILES string of the molecule is OC(c1ccccc1F)C1CCCc2ccccc21. The average Bonchev–Trinajstić information content (AvgIpc) is 2.46. The lowest BCUT2D eigenvalue weighted by atomic mass is 9.78. The van der Waals surface area contributed by atoms with Crippen LogP contribution in [0.2, 0.25) is 0 Å². The lowest BCUT2D eigenvalue weighted by molar-refractivity contribution is 0.132. The largest absolute Gasteiger partial charge is 0.388 e. The third-order valence-corrected chi connectivity index (χ3v) is 4.02. The van der Waals surface area contributed by atoms with Crippen LogP contribution in [-0.4, -0.2) is 5.11 Å². The fourth-order valence-electron chi connectivity index (χ4n) is 3.05. The molecule has 0 fully saturated rings. The summed E-state index contributed by atoms with van der Waals surface area (Å²) in [5, 5.41) is 10.5. The minimum Gasteiger partial charge on any atom is -0.388 e. The van der Waals surface area contributed by atoms with Gasteiger partial charge in [-0.2, -0.15) is 0 Å². The van der Waals surface area contributed by atoms with E-state index in [2.05, 4.69) is 12.1 Å². The zero-order valence-electron chi connectivity index (χ0n) is 10.7. The van der Waals surface area contributed by atoms with Gasteiger partial charge in [0.15, 0.2) is 0 Å². The van der Waals surface area contributed by atoms with Crippen LogP contribution in [-0.2, 0) is 6.42 Å². The molecule has 2 unspecified atom stereocenters. The number of hydrogen-bond donors (Lipinski definition) is 1. The molecular weight excluding hydrogens is 239 g/mol. The highest BCUT2D eigenvalue weighted by Gasteiger charge is 2.28. The molecular formula is C17H17FO. The molecule has 0 saturated carbocycles. The third-order valence-electron chi connectivity index (χ3n) is 4.02. The van der Waals surface area contributed by atoms with Crippen molar-refractivity contribution >= 4 is 0 Å². The topological polar surface area (TPSA) is 20.2 Å². The normalized spacial score (nSPS) is 19.8. The van der Waals surface area contributed by atoms with E-state index in [1.165, 1.54) is 17.2 Å². The highest BCUT2D eigenvalue weighted by molar-refractivity contribution is 5.35. The minimum atomic E-state index is -0.761. The van der Waals surface area contributed by atoms with Crippen LogP contribution in [0.25, 0.3) is 0 Å². The van der Waals surface area contributed by atoms with Gasteiger partial charge < -0.3 is 5.11 Å². The summed E-state index contributed by atoms with van der Waals surface area (Å²) in [6.45, 7) is 0. The number of hydrogen-bond acceptors (Lipinski definition) is 1.